The molecule has 0 aromatic rings. The van der Waals surface area contributed by atoms with Crippen molar-refractivity contribution in [3.05, 3.63) is 25.3 Å². The summed E-state index contributed by atoms with van der Waals surface area (Å²) in [5, 5.41) is 9.17. The molecule has 6 atom stereocenters. The molecule has 0 aliphatic carbocycles. The Labute approximate surface area is 228 Å². The molecule has 9 heteroatoms. The molecule has 2 bridgehead atoms. The van der Waals surface area contributed by atoms with Gasteiger partial charge in [-0.25, -0.2) is 0 Å². The summed E-state index contributed by atoms with van der Waals surface area (Å²) in [5.41, 5.74) is 0. The maximum Gasteiger partial charge on any atom is 0.247 e. The van der Waals surface area contributed by atoms with Gasteiger partial charge < -0.3 is 19.8 Å². The topological polar surface area (TPSA) is 81.2 Å². The standard InChI is InChI=1S/C27H42BrN3O4S/c1-6-12-29(13-7-2)24(33)20-21-25(34)31(15-10-9-11-16-32)23(26(35)30(14-8-3)18(4)5)27(21)17-19(28)22(20)36-27/h6,8,18-23,32H,1,3,7,9-17H2,2,4-5H3/t19?,20-,21+,22-,23?,27?/m1/s1. The number of carbonyl (C=O) groups excluding carboxylic acids is 3. The van der Waals surface area contributed by atoms with Crippen molar-refractivity contribution in [2.24, 2.45) is 11.8 Å². The second-order valence-electron chi connectivity index (χ2n) is 10.4. The number of halogens is 1. The smallest absolute Gasteiger partial charge is 0.247 e. The number of thioether (sulfide) groups is 1. The van der Waals surface area contributed by atoms with Gasteiger partial charge in [0.1, 0.15) is 6.04 Å². The average molecular weight is 585 g/mol. The van der Waals surface area contributed by atoms with Crippen molar-refractivity contribution in [1.29, 1.82) is 0 Å². The first-order valence-electron chi connectivity index (χ1n) is 13.2. The molecule has 3 fully saturated rings. The third kappa shape index (κ3) is 5.17. The average Bonchev–Trinajstić information content (AvgIpc) is 3.42. The highest BCUT2D eigenvalue weighted by atomic mass is 79.9. The molecule has 3 aliphatic rings. The number of aliphatic hydroxyl groups is 1. The first-order chi connectivity index (χ1) is 17.2. The summed E-state index contributed by atoms with van der Waals surface area (Å²) in [7, 11) is 0. The van der Waals surface area contributed by atoms with Crippen LogP contribution in [0, 0.1) is 11.8 Å². The number of nitrogens with zero attached hydrogens (tertiary/aromatic N) is 3. The first-order valence-corrected chi connectivity index (χ1v) is 15.0. The fraction of sp³-hybridized carbons (Fsp3) is 0.741. The van der Waals surface area contributed by atoms with E-state index in [4.69, 9.17) is 0 Å². The van der Waals surface area contributed by atoms with E-state index in [-0.39, 0.29) is 40.4 Å². The molecule has 3 amide bonds. The molecule has 0 saturated carbocycles. The van der Waals surface area contributed by atoms with Gasteiger partial charge in [0.15, 0.2) is 0 Å². The minimum atomic E-state index is -0.634. The molecule has 1 spiro atoms. The number of unbranched alkanes of at least 4 members (excludes halogenated alkanes) is 2. The van der Waals surface area contributed by atoms with Gasteiger partial charge in [0, 0.05) is 48.9 Å². The Hall–Kier alpha value is -1.32. The number of aliphatic hydroxyl groups excluding tert-OH is 1. The second kappa shape index (κ2) is 12.5. The van der Waals surface area contributed by atoms with Crippen LogP contribution in [0.3, 0.4) is 0 Å². The van der Waals surface area contributed by atoms with Crippen LogP contribution in [-0.4, -0.2) is 97.2 Å². The predicted molar refractivity (Wildman–Crippen MR) is 149 cm³/mol. The van der Waals surface area contributed by atoms with Crippen molar-refractivity contribution in [3.8, 4) is 0 Å². The number of likely N-dealkylation sites (tertiary alicyclic amines) is 1. The molecule has 0 aromatic heterocycles. The van der Waals surface area contributed by atoms with Crippen LogP contribution in [-0.2, 0) is 14.4 Å². The number of hydrogen-bond acceptors (Lipinski definition) is 5. The Balaban J connectivity index is 2.03. The van der Waals surface area contributed by atoms with Gasteiger partial charge in [-0.3, -0.25) is 14.4 Å². The summed E-state index contributed by atoms with van der Waals surface area (Å²) in [6.07, 6.45) is 7.13. The van der Waals surface area contributed by atoms with Crippen LogP contribution in [0.15, 0.2) is 25.3 Å². The third-order valence-electron chi connectivity index (χ3n) is 7.75. The molecule has 3 aliphatic heterocycles. The van der Waals surface area contributed by atoms with Crippen molar-refractivity contribution >= 4 is 45.4 Å². The fourth-order valence-corrected chi connectivity index (χ4v) is 9.88. The lowest BCUT2D eigenvalue weighted by molar-refractivity contribution is -0.145. The van der Waals surface area contributed by atoms with E-state index in [1.54, 1.807) is 33.7 Å². The van der Waals surface area contributed by atoms with Gasteiger partial charge in [-0.05, 0) is 46.0 Å². The zero-order valence-electron chi connectivity index (χ0n) is 21.9. The van der Waals surface area contributed by atoms with Crippen LogP contribution in [0.5, 0.6) is 0 Å². The lowest BCUT2D eigenvalue weighted by Gasteiger charge is -2.39. The monoisotopic (exact) mass is 583 g/mol. The number of fused-ring (bicyclic) bond motifs is 1. The molecular formula is C27H42BrN3O4S. The van der Waals surface area contributed by atoms with Crippen LogP contribution in [0.2, 0.25) is 0 Å². The quantitative estimate of drug-likeness (QED) is 0.192. The van der Waals surface area contributed by atoms with Crippen molar-refractivity contribution in [3.63, 3.8) is 0 Å². The SMILES string of the molecule is C=CCN(CCC)C(=O)[C@H]1[C@@H]2SC3(CC2Br)C(C(=O)N(CC=C)C(C)C)N(CCCCCO)C(=O)[C@H]13. The van der Waals surface area contributed by atoms with Gasteiger partial charge in [0.2, 0.25) is 17.7 Å². The van der Waals surface area contributed by atoms with E-state index in [2.05, 4.69) is 29.1 Å². The number of hydrogen-bond donors (Lipinski definition) is 1. The molecule has 1 N–H and O–H groups in total. The summed E-state index contributed by atoms with van der Waals surface area (Å²) < 4.78 is -0.634. The molecule has 3 rings (SSSR count). The number of rotatable bonds is 14. The van der Waals surface area contributed by atoms with E-state index in [1.165, 1.54) is 0 Å². The van der Waals surface area contributed by atoms with E-state index < -0.39 is 22.6 Å². The molecule has 3 heterocycles. The van der Waals surface area contributed by atoms with Gasteiger partial charge in [-0.1, -0.05) is 35.0 Å². The maximum atomic E-state index is 14.2. The van der Waals surface area contributed by atoms with Gasteiger partial charge >= 0.3 is 0 Å². The summed E-state index contributed by atoms with van der Waals surface area (Å²) >= 11 is 5.52. The molecule has 36 heavy (non-hydrogen) atoms. The van der Waals surface area contributed by atoms with E-state index in [1.807, 2.05) is 25.7 Å². The molecule has 7 nitrogen and oxygen atoms in total. The van der Waals surface area contributed by atoms with Gasteiger partial charge in [-0.15, -0.1) is 24.9 Å². The van der Waals surface area contributed by atoms with Gasteiger partial charge in [-0.2, -0.15) is 0 Å². The lowest BCUT2D eigenvalue weighted by atomic mass is 9.70. The Kier molecular flexibility index (Phi) is 10.1. The summed E-state index contributed by atoms with van der Waals surface area (Å²) in [6, 6.07) is -0.649. The maximum absolute atomic E-state index is 14.2. The molecule has 202 valence electrons. The Morgan fingerprint density at radius 2 is 1.92 bits per heavy atom. The van der Waals surface area contributed by atoms with Crippen molar-refractivity contribution < 1.29 is 19.5 Å². The van der Waals surface area contributed by atoms with E-state index >= 15 is 0 Å². The first kappa shape index (κ1) is 29.2. The number of amides is 3. The van der Waals surface area contributed by atoms with E-state index in [0.717, 1.165) is 12.8 Å². The molecule has 3 saturated heterocycles. The van der Waals surface area contributed by atoms with Crippen molar-refractivity contribution in [2.75, 3.05) is 32.8 Å². The highest BCUT2D eigenvalue weighted by Crippen LogP contribution is 2.68. The molecule has 0 aromatic carbocycles. The summed E-state index contributed by atoms with van der Waals surface area (Å²) in [4.78, 5) is 47.7. The van der Waals surface area contributed by atoms with Gasteiger partial charge in [0.05, 0.1) is 16.6 Å². The Bertz CT molecular complexity index is 855. The van der Waals surface area contributed by atoms with E-state index in [0.29, 0.717) is 45.4 Å². The third-order valence-corrected chi connectivity index (χ3v) is 11.0. The van der Waals surface area contributed by atoms with E-state index in [9.17, 15) is 19.5 Å². The van der Waals surface area contributed by atoms with Crippen LogP contribution in [0.4, 0.5) is 0 Å². The number of carbonyl (C=O) groups is 3. The zero-order valence-corrected chi connectivity index (χ0v) is 24.3. The minimum absolute atomic E-state index is 0.00115. The largest absolute Gasteiger partial charge is 0.396 e. The minimum Gasteiger partial charge on any atom is -0.396 e. The molecule has 0 radical (unpaired) electrons. The Morgan fingerprint density at radius 1 is 1.22 bits per heavy atom. The normalized spacial score (nSPS) is 30.6. The zero-order chi connectivity index (χ0) is 26.6. The molecule has 3 unspecified atom stereocenters. The van der Waals surface area contributed by atoms with Crippen LogP contribution in [0.25, 0.3) is 0 Å². The van der Waals surface area contributed by atoms with Gasteiger partial charge in [0.25, 0.3) is 0 Å². The highest BCUT2D eigenvalue weighted by molar-refractivity contribution is 9.09. The van der Waals surface area contributed by atoms with Crippen LogP contribution < -0.4 is 0 Å². The van der Waals surface area contributed by atoms with Crippen molar-refractivity contribution in [2.45, 2.75) is 79.8 Å². The van der Waals surface area contributed by atoms with Crippen molar-refractivity contribution in [1.82, 2.24) is 14.7 Å². The Morgan fingerprint density at radius 3 is 2.50 bits per heavy atom. The highest BCUT2D eigenvalue weighted by Gasteiger charge is 2.76. The summed E-state index contributed by atoms with van der Waals surface area (Å²) in [6.45, 7) is 15.7. The lowest BCUT2D eigenvalue weighted by Crippen LogP contribution is -2.57. The van der Waals surface area contributed by atoms with Crippen LogP contribution >= 0.6 is 27.7 Å². The fourth-order valence-electron chi connectivity index (χ4n) is 6.28. The molecular weight excluding hydrogens is 542 g/mol. The summed E-state index contributed by atoms with van der Waals surface area (Å²) in [5.74, 6) is -1.10. The van der Waals surface area contributed by atoms with Crippen LogP contribution in [0.1, 0.15) is 52.9 Å². The number of alkyl halides is 1. The second-order valence-corrected chi connectivity index (χ2v) is 13.1. The predicted octanol–water partition coefficient (Wildman–Crippen LogP) is 3.46.